The van der Waals surface area contributed by atoms with Crippen molar-refractivity contribution in [2.45, 2.75) is 19.4 Å². The fourth-order valence-electron chi connectivity index (χ4n) is 1.68. The summed E-state index contributed by atoms with van der Waals surface area (Å²) in [6.45, 7) is 2.04. The van der Waals surface area contributed by atoms with Crippen LogP contribution in [-0.2, 0) is 9.53 Å². The van der Waals surface area contributed by atoms with Crippen LogP contribution in [0.5, 0.6) is 0 Å². The first-order valence-corrected chi connectivity index (χ1v) is 5.17. The molecule has 1 atom stereocenters. The molecule has 1 aliphatic heterocycles. The van der Waals surface area contributed by atoms with Gasteiger partial charge in [-0.15, -0.1) is 0 Å². The molecule has 1 aliphatic rings. The van der Waals surface area contributed by atoms with E-state index >= 15 is 0 Å². The predicted octanol–water partition coefficient (Wildman–Crippen LogP) is 1.56. The summed E-state index contributed by atoms with van der Waals surface area (Å²) in [7, 11) is 1.37. The Kier molecular flexibility index (Phi) is 2.90. The Bertz CT molecular complexity index is 423. The summed E-state index contributed by atoms with van der Waals surface area (Å²) < 4.78 is 4.63. The Labute approximate surface area is 94.3 Å². The minimum Gasteiger partial charge on any atom is -0.464 e. The van der Waals surface area contributed by atoms with Gasteiger partial charge in [0.15, 0.2) is 0 Å². The standard InChI is InChI=1S/C12H14N2O2/c1-8-3-5-9(6-4-8)10-7-11(14-13-10)12(15)16-2/h3-6,10,13H,7H2,1-2H3. The van der Waals surface area contributed by atoms with Gasteiger partial charge in [-0.2, -0.15) is 5.10 Å². The van der Waals surface area contributed by atoms with E-state index < -0.39 is 0 Å². The van der Waals surface area contributed by atoms with Crippen LogP contribution < -0.4 is 5.43 Å². The maximum atomic E-state index is 11.3. The van der Waals surface area contributed by atoms with Crippen LogP contribution in [-0.4, -0.2) is 18.8 Å². The van der Waals surface area contributed by atoms with E-state index in [4.69, 9.17) is 0 Å². The predicted molar refractivity (Wildman–Crippen MR) is 61.1 cm³/mol. The van der Waals surface area contributed by atoms with Crippen LogP contribution in [0.3, 0.4) is 0 Å². The van der Waals surface area contributed by atoms with E-state index in [-0.39, 0.29) is 12.0 Å². The average Bonchev–Trinajstić information content (AvgIpc) is 2.78. The van der Waals surface area contributed by atoms with Gasteiger partial charge in [-0.3, -0.25) is 0 Å². The fraction of sp³-hybridized carbons (Fsp3) is 0.333. The Morgan fingerprint density at radius 2 is 2.12 bits per heavy atom. The van der Waals surface area contributed by atoms with Crippen molar-refractivity contribution in [1.82, 2.24) is 5.43 Å². The zero-order valence-corrected chi connectivity index (χ0v) is 9.36. The van der Waals surface area contributed by atoms with Crippen molar-refractivity contribution in [3.63, 3.8) is 0 Å². The first kappa shape index (κ1) is 10.7. The second kappa shape index (κ2) is 4.35. The molecule has 1 aromatic carbocycles. The van der Waals surface area contributed by atoms with Gasteiger partial charge in [0.25, 0.3) is 0 Å². The van der Waals surface area contributed by atoms with Crippen molar-refractivity contribution in [3.05, 3.63) is 35.4 Å². The van der Waals surface area contributed by atoms with Crippen molar-refractivity contribution < 1.29 is 9.53 Å². The van der Waals surface area contributed by atoms with Gasteiger partial charge in [-0.05, 0) is 12.5 Å². The third-order valence-corrected chi connectivity index (χ3v) is 2.65. The average molecular weight is 218 g/mol. The molecule has 1 heterocycles. The van der Waals surface area contributed by atoms with Crippen molar-refractivity contribution in [2.75, 3.05) is 7.11 Å². The van der Waals surface area contributed by atoms with Gasteiger partial charge in [0, 0.05) is 6.42 Å². The number of hydrazone groups is 1. The van der Waals surface area contributed by atoms with Crippen LogP contribution in [0.1, 0.15) is 23.6 Å². The van der Waals surface area contributed by atoms with E-state index in [1.807, 2.05) is 31.2 Å². The van der Waals surface area contributed by atoms with Crippen LogP contribution in [0.25, 0.3) is 0 Å². The van der Waals surface area contributed by atoms with Crippen molar-refractivity contribution in [3.8, 4) is 0 Å². The summed E-state index contributed by atoms with van der Waals surface area (Å²) >= 11 is 0. The smallest absolute Gasteiger partial charge is 0.354 e. The molecule has 0 amide bonds. The number of carbonyl (C=O) groups excluding carboxylic acids is 1. The minimum atomic E-state index is -0.359. The molecule has 16 heavy (non-hydrogen) atoms. The van der Waals surface area contributed by atoms with Crippen LogP contribution in [0.4, 0.5) is 0 Å². The highest BCUT2D eigenvalue weighted by molar-refractivity contribution is 6.36. The number of rotatable bonds is 2. The van der Waals surface area contributed by atoms with Gasteiger partial charge < -0.3 is 10.2 Å². The first-order valence-electron chi connectivity index (χ1n) is 5.17. The van der Waals surface area contributed by atoms with Gasteiger partial charge in [-0.1, -0.05) is 29.8 Å². The van der Waals surface area contributed by atoms with E-state index in [1.54, 1.807) is 0 Å². The van der Waals surface area contributed by atoms with Crippen molar-refractivity contribution in [2.24, 2.45) is 5.10 Å². The SMILES string of the molecule is COC(=O)C1=NNC(c2ccc(C)cc2)C1. The molecular weight excluding hydrogens is 204 g/mol. The summed E-state index contributed by atoms with van der Waals surface area (Å²) in [6.07, 6.45) is 0.579. The van der Waals surface area contributed by atoms with Gasteiger partial charge in [0.1, 0.15) is 5.71 Å². The largest absolute Gasteiger partial charge is 0.464 e. The van der Waals surface area contributed by atoms with Crippen LogP contribution >= 0.6 is 0 Å². The zero-order chi connectivity index (χ0) is 11.5. The maximum absolute atomic E-state index is 11.3. The van der Waals surface area contributed by atoms with Crippen molar-refractivity contribution >= 4 is 11.7 Å². The fourth-order valence-corrected chi connectivity index (χ4v) is 1.68. The number of nitrogens with one attached hydrogen (secondary N) is 1. The second-order valence-corrected chi connectivity index (χ2v) is 3.85. The van der Waals surface area contributed by atoms with Gasteiger partial charge in [-0.25, -0.2) is 4.79 Å². The molecule has 0 saturated heterocycles. The highest BCUT2D eigenvalue weighted by Gasteiger charge is 2.25. The minimum absolute atomic E-state index is 0.0784. The molecule has 0 aliphatic carbocycles. The van der Waals surface area contributed by atoms with E-state index in [1.165, 1.54) is 12.7 Å². The summed E-state index contributed by atoms with van der Waals surface area (Å²) in [5, 5.41) is 3.98. The lowest BCUT2D eigenvalue weighted by atomic mass is 10.0. The monoisotopic (exact) mass is 218 g/mol. The number of benzene rings is 1. The van der Waals surface area contributed by atoms with E-state index in [2.05, 4.69) is 15.3 Å². The number of ether oxygens (including phenoxy) is 1. The molecular formula is C12H14N2O2. The van der Waals surface area contributed by atoms with Gasteiger partial charge in [0.2, 0.25) is 0 Å². The van der Waals surface area contributed by atoms with E-state index in [0.29, 0.717) is 12.1 Å². The molecule has 4 heteroatoms. The zero-order valence-electron chi connectivity index (χ0n) is 9.36. The first-order chi connectivity index (χ1) is 7.70. The van der Waals surface area contributed by atoms with Crippen molar-refractivity contribution in [1.29, 1.82) is 0 Å². The lowest BCUT2D eigenvalue weighted by molar-refractivity contribution is -0.132. The molecule has 0 fully saturated rings. The van der Waals surface area contributed by atoms with Crippen LogP contribution in [0.2, 0.25) is 0 Å². The molecule has 1 N–H and O–H groups in total. The lowest BCUT2D eigenvalue weighted by Crippen LogP contribution is -2.14. The Balaban J connectivity index is 2.06. The van der Waals surface area contributed by atoms with Crippen LogP contribution in [0.15, 0.2) is 29.4 Å². The summed E-state index contributed by atoms with van der Waals surface area (Å²) in [5.74, 6) is -0.359. The topological polar surface area (TPSA) is 50.7 Å². The molecule has 84 valence electrons. The third-order valence-electron chi connectivity index (χ3n) is 2.65. The molecule has 1 unspecified atom stereocenters. The van der Waals surface area contributed by atoms with Crippen LogP contribution in [0, 0.1) is 6.92 Å². The molecule has 0 saturated carbocycles. The number of carbonyl (C=O) groups is 1. The Morgan fingerprint density at radius 3 is 2.75 bits per heavy atom. The summed E-state index contributed by atoms with van der Waals surface area (Å²) in [6, 6.07) is 8.26. The third kappa shape index (κ3) is 2.05. The number of esters is 1. The molecule has 4 nitrogen and oxygen atoms in total. The molecule has 0 bridgehead atoms. The normalized spacial score (nSPS) is 18.9. The number of nitrogens with zero attached hydrogens (tertiary/aromatic N) is 1. The number of hydrogen-bond donors (Lipinski definition) is 1. The van der Waals surface area contributed by atoms with Gasteiger partial charge >= 0.3 is 5.97 Å². The summed E-state index contributed by atoms with van der Waals surface area (Å²) in [5.41, 5.74) is 5.75. The lowest BCUT2D eigenvalue weighted by Gasteiger charge is -2.09. The Morgan fingerprint density at radius 1 is 1.44 bits per heavy atom. The number of hydrogen-bond acceptors (Lipinski definition) is 4. The summed E-state index contributed by atoms with van der Waals surface area (Å²) in [4.78, 5) is 11.3. The molecule has 0 aromatic heterocycles. The number of methoxy groups -OCH3 is 1. The quantitative estimate of drug-likeness (QED) is 0.766. The molecule has 2 rings (SSSR count). The highest BCUT2D eigenvalue weighted by atomic mass is 16.5. The maximum Gasteiger partial charge on any atom is 0.354 e. The van der Waals surface area contributed by atoms with Gasteiger partial charge in [0.05, 0.1) is 13.2 Å². The number of aryl methyl sites for hydroxylation is 1. The molecule has 1 aromatic rings. The molecule has 0 spiro atoms. The second-order valence-electron chi connectivity index (χ2n) is 3.85. The van der Waals surface area contributed by atoms with E-state index in [0.717, 1.165) is 5.56 Å². The molecule has 0 radical (unpaired) electrons. The highest BCUT2D eigenvalue weighted by Crippen LogP contribution is 2.22. The van der Waals surface area contributed by atoms with E-state index in [9.17, 15) is 4.79 Å². The Hall–Kier alpha value is -1.84.